The summed E-state index contributed by atoms with van der Waals surface area (Å²) in [5, 5.41) is 2.98. The van der Waals surface area contributed by atoms with Crippen LogP contribution in [0.15, 0.2) is 23.1 Å². The molecule has 6 heteroatoms. The van der Waals surface area contributed by atoms with Gasteiger partial charge in [-0.15, -0.1) is 0 Å². The predicted molar refractivity (Wildman–Crippen MR) is 66.1 cm³/mol. The van der Waals surface area contributed by atoms with Crippen LogP contribution < -0.4 is 10.9 Å². The van der Waals surface area contributed by atoms with Gasteiger partial charge in [0.1, 0.15) is 6.04 Å². The zero-order valence-electron chi connectivity index (χ0n) is 10.3. The van der Waals surface area contributed by atoms with Gasteiger partial charge in [-0.05, 0) is 13.0 Å². The van der Waals surface area contributed by atoms with Crippen molar-refractivity contribution in [1.29, 1.82) is 0 Å². The van der Waals surface area contributed by atoms with Crippen LogP contribution in [0, 0.1) is 0 Å². The normalized spacial score (nSPS) is 19.4. The van der Waals surface area contributed by atoms with E-state index in [1.54, 1.807) is 26.2 Å². The molecule has 1 atom stereocenters. The molecule has 1 aliphatic rings. The van der Waals surface area contributed by atoms with Gasteiger partial charge in [0, 0.05) is 25.9 Å². The van der Waals surface area contributed by atoms with Crippen LogP contribution in [0.25, 0.3) is 0 Å². The van der Waals surface area contributed by atoms with E-state index in [0.717, 1.165) is 0 Å². The minimum Gasteiger partial charge on any atom is -0.372 e. The first kappa shape index (κ1) is 12.3. The minimum absolute atomic E-state index is 0.121. The fraction of sp³-hybridized carbons (Fsp3) is 0.417. The van der Waals surface area contributed by atoms with Crippen LogP contribution in [-0.4, -0.2) is 33.9 Å². The van der Waals surface area contributed by atoms with Crippen molar-refractivity contribution in [3.05, 3.63) is 28.7 Å². The maximum absolute atomic E-state index is 11.9. The van der Waals surface area contributed by atoms with Gasteiger partial charge in [0.15, 0.2) is 0 Å². The summed E-state index contributed by atoms with van der Waals surface area (Å²) in [7, 11) is 1.63. The number of rotatable bonds is 3. The first-order chi connectivity index (χ1) is 8.52. The molecule has 2 heterocycles. The molecule has 2 rings (SSSR count). The second kappa shape index (κ2) is 4.64. The summed E-state index contributed by atoms with van der Waals surface area (Å²) in [6, 6.07) is 2.49. The van der Waals surface area contributed by atoms with E-state index in [1.807, 2.05) is 0 Å². The van der Waals surface area contributed by atoms with Crippen molar-refractivity contribution in [2.24, 2.45) is 7.05 Å². The molecule has 0 radical (unpaired) electrons. The van der Waals surface area contributed by atoms with E-state index in [4.69, 9.17) is 0 Å². The average Bonchev–Trinajstić information content (AvgIpc) is 2.59. The number of pyridine rings is 1. The molecule has 1 aliphatic heterocycles. The third-order valence-corrected chi connectivity index (χ3v) is 2.99. The first-order valence-electron chi connectivity index (χ1n) is 5.80. The van der Waals surface area contributed by atoms with E-state index >= 15 is 0 Å². The summed E-state index contributed by atoms with van der Waals surface area (Å²) >= 11 is 0. The van der Waals surface area contributed by atoms with Crippen molar-refractivity contribution < 1.29 is 9.59 Å². The van der Waals surface area contributed by atoms with Crippen LogP contribution in [-0.2, 0) is 16.6 Å². The van der Waals surface area contributed by atoms with Gasteiger partial charge in [-0.1, -0.05) is 0 Å². The van der Waals surface area contributed by atoms with Gasteiger partial charge in [0.05, 0.1) is 12.1 Å². The largest absolute Gasteiger partial charge is 0.372 e. The molecular weight excluding hydrogens is 234 g/mol. The van der Waals surface area contributed by atoms with E-state index in [1.165, 1.54) is 15.5 Å². The Kier molecular flexibility index (Phi) is 3.18. The lowest BCUT2D eigenvalue weighted by Gasteiger charge is -2.14. The number of nitrogens with one attached hydrogen (secondary N) is 1. The monoisotopic (exact) mass is 249 g/mol. The number of hydrogen-bond acceptors (Lipinski definition) is 4. The lowest BCUT2D eigenvalue weighted by Crippen LogP contribution is -2.34. The molecule has 0 spiro atoms. The van der Waals surface area contributed by atoms with Gasteiger partial charge in [0.2, 0.25) is 11.5 Å². The second-order valence-electron chi connectivity index (χ2n) is 4.24. The van der Waals surface area contributed by atoms with Gasteiger partial charge in [0.25, 0.3) is 5.91 Å². The number of carbonyl (C=O) groups is 2. The SMILES string of the molecule is CCN1C(=O)CC(Nc2ccc(=O)n(C)c2)C1=O. The summed E-state index contributed by atoms with van der Waals surface area (Å²) < 4.78 is 1.42. The fourth-order valence-corrected chi connectivity index (χ4v) is 2.01. The molecule has 0 aliphatic carbocycles. The fourth-order valence-electron chi connectivity index (χ4n) is 2.01. The lowest BCUT2D eigenvalue weighted by molar-refractivity contribution is -0.138. The Balaban J connectivity index is 2.15. The number of amides is 2. The summed E-state index contributed by atoms with van der Waals surface area (Å²) in [5.41, 5.74) is 0.533. The van der Waals surface area contributed by atoms with Crippen molar-refractivity contribution in [3.8, 4) is 0 Å². The maximum atomic E-state index is 11.9. The van der Waals surface area contributed by atoms with Crippen LogP contribution in [0.4, 0.5) is 5.69 Å². The summed E-state index contributed by atoms with van der Waals surface area (Å²) in [6.45, 7) is 2.16. The molecule has 0 aromatic carbocycles. The topological polar surface area (TPSA) is 71.4 Å². The second-order valence-corrected chi connectivity index (χ2v) is 4.24. The van der Waals surface area contributed by atoms with Gasteiger partial charge in [-0.2, -0.15) is 0 Å². The molecule has 2 amide bonds. The van der Waals surface area contributed by atoms with Crippen molar-refractivity contribution in [1.82, 2.24) is 9.47 Å². The molecule has 0 bridgehead atoms. The molecule has 0 saturated carbocycles. The Labute approximate surface area is 104 Å². The molecular formula is C12H15N3O3. The number of likely N-dealkylation sites (tertiary alicyclic amines) is 1. The molecule has 1 N–H and O–H groups in total. The van der Waals surface area contributed by atoms with E-state index in [2.05, 4.69) is 5.32 Å². The average molecular weight is 249 g/mol. The van der Waals surface area contributed by atoms with Crippen LogP contribution in [0.5, 0.6) is 0 Å². The standard InChI is InChI=1S/C12H15N3O3/c1-3-15-11(17)6-9(12(15)18)13-8-4-5-10(16)14(2)7-8/h4-5,7,9,13H,3,6H2,1-2H3. The highest BCUT2D eigenvalue weighted by atomic mass is 16.2. The minimum atomic E-state index is -0.532. The number of carbonyl (C=O) groups excluding carboxylic acids is 2. The number of likely N-dealkylation sites (N-methyl/N-ethyl adjacent to an activating group) is 1. The lowest BCUT2D eigenvalue weighted by atomic mass is 10.2. The van der Waals surface area contributed by atoms with E-state index in [0.29, 0.717) is 12.2 Å². The van der Waals surface area contributed by atoms with Crippen molar-refractivity contribution >= 4 is 17.5 Å². The predicted octanol–water partition coefficient (Wildman–Crippen LogP) is -0.0554. The van der Waals surface area contributed by atoms with E-state index < -0.39 is 6.04 Å². The maximum Gasteiger partial charge on any atom is 0.252 e. The highest BCUT2D eigenvalue weighted by Crippen LogP contribution is 2.17. The van der Waals surface area contributed by atoms with Gasteiger partial charge < -0.3 is 9.88 Å². The highest BCUT2D eigenvalue weighted by molar-refractivity contribution is 6.06. The van der Waals surface area contributed by atoms with Crippen molar-refractivity contribution in [2.45, 2.75) is 19.4 Å². The van der Waals surface area contributed by atoms with Gasteiger partial charge in [-0.25, -0.2) is 0 Å². The molecule has 1 fully saturated rings. The van der Waals surface area contributed by atoms with Crippen molar-refractivity contribution in [3.63, 3.8) is 0 Å². The van der Waals surface area contributed by atoms with Crippen LogP contribution >= 0.6 is 0 Å². The Morgan fingerprint density at radius 1 is 1.33 bits per heavy atom. The molecule has 18 heavy (non-hydrogen) atoms. The number of aromatic nitrogens is 1. The van der Waals surface area contributed by atoms with E-state index in [9.17, 15) is 14.4 Å². The molecule has 1 unspecified atom stereocenters. The third-order valence-electron chi connectivity index (χ3n) is 2.99. The zero-order valence-corrected chi connectivity index (χ0v) is 10.3. The van der Waals surface area contributed by atoms with Crippen LogP contribution in [0.3, 0.4) is 0 Å². The molecule has 96 valence electrons. The van der Waals surface area contributed by atoms with Crippen LogP contribution in [0.1, 0.15) is 13.3 Å². The van der Waals surface area contributed by atoms with Crippen molar-refractivity contribution in [2.75, 3.05) is 11.9 Å². The molecule has 1 saturated heterocycles. The highest BCUT2D eigenvalue weighted by Gasteiger charge is 2.37. The Hall–Kier alpha value is -2.11. The Morgan fingerprint density at radius 3 is 2.61 bits per heavy atom. The number of nitrogens with zero attached hydrogens (tertiary/aromatic N) is 2. The Morgan fingerprint density at radius 2 is 2.06 bits per heavy atom. The number of hydrogen-bond donors (Lipinski definition) is 1. The summed E-state index contributed by atoms with van der Waals surface area (Å²) in [5.74, 6) is -0.374. The molecule has 6 nitrogen and oxygen atoms in total. The number of aryl methyl sites for hydroxylation is 1. The van der Waals surface area contributed by atoms with Gasteiger partial charge in [-0.3, -0.25) is 19.3 Å². The smallest absolute Gasteiger partial charge is 0.252 e. The molecule has 1 aromatic heterocycles. The Bertz CT molecular complexity index is 550. The summed E-state index contributed by atoms with van der Waals surface area (Å²) in [6.07, 6.45) is 1.77. The molecule has 1 aromatic rings. The number of imide groups is 1. The number of anilines is 1. The van der Waals surface area contributed by atoms with Crippen LogP contribution in [0.2, 0.25) is 0 Å². The quantitative estimate of drug-likeness (QED) is 0.762. The van der Waals surface area contributed by atoms with Gasteiger partial charge >= 0.3 is 0 Å². The van der Waals surface area contributed by atoms with E-state index in [-0.39, 0.29) is 23.8 Å². The summed E-state index contributed by atoms with van der Waals surface area (Å²) in [4.78, 5) is 35.9. The zero-order chi connectivity index (χ0) is 13.3. The first-order valence-corrected chi connectivity index (χ1v) is 5.80. The third kappa shape index (κ3) is 2.13.